The van der Waals surface area contributed by atoms with Crippen LogP contribution < -0.4 is 0 Å². The summed E-state index contributed by atoms with van der Waals surface area (Å²) in [5.41, 5.74) is 0. The summed E-state index contributed by atoms with van der Waals surface area (Å²) < 4.78 is 10.7. The molecule has 0 radical (unpaired) electrons. The molecule has 6 heteroatoms. The van der Waals surface area contributed by atoms with Crippen molar-refractivity contribution in [2.45, 2.75) is 89.0 Å². The highest BCUT2D eigenvalue weighted by Crippen LogP contribution is 2.22. The monoisotopic (exact) mass is 320 g/mol. The van der Waals surface area contributed by atoms with Crippen molar-refractivity contribution >= 4 is 0 Å². The van der Waals surface area contributed by atoms with Crippen LogP contribution in [0.3, 0.4) is 0 Å². The van der Waals surface area contributed by atoms with Gasteiger partial charge in [0.1, 0.15) is 24.4 Å². The summed E-state index contributed by atoms with van der Waals surface area (Å²) >= 11 is 0. The summed E-state index contributed by atoms with van der Waals surface area (Å²) in [7, 11) is 0. The molecule has 0 aliphatic carbocycles. The van der Waals surface area contributed by atoms with Gasteiger partial charge in [-0.25, -0.2) is 0 Å². The maximum Gasteiger partial charge on any atom is 0.186 e. The second kappa shape index (κ2) is 11.3. The van der Waals surface area contributed by atoms with Crippen LogP contribution in [0.25, 0.3) is 0 Å². The molecule has 5 atom stereocenters. The predicted molar refractivity (Wildman–Crippen MR) is 82.3 cm³/mol. The first-order valence-electron chi connectivity index (χ1n) is 8.54. The number of rotatable bonds is 11. The molecule has 1 saturated heterocycles. The molecule has 4 N–H and O–H groups in total. The number of unbranched alkanes of at least 4 members (excludes halogenated alkanes) is 7. The highest BCUT2D eigenvalue weighted by Gasteiger charge is 2.43. The molecule has 0 amide bonds. The van der Waals surface area contributed by atoms with E-state index in [-0.39, 0.29) is 0 Å². The average molecular weight is 320 g/mol. The number of hydrogen-bond donors (Lipinski definition) is 4. The van der Waals surface area contributed by atoms with Gasteiger partial charge in [0.2, 0.25) is 0 Å². The van der Waals surface area contributed by atoms with Crippen LogP contribution in [-0.2, 0) is 9.47 Å². The van der Waals surface area contributed by atoms with Gasteiger partial charge in [-0.3, -0.25) is 0 Å². The van der Waals surface area contributed by atoms with Crippen molar-refractivity contribution in [3.8, 4) is 0 Å². The Bertz CT molecular complexity index is 273. The van der Waals surface area contributed by atoms with Crippen molar-refractivity contribution in [2.75, 3.05) is 13.2 Å². The highest BCUT2D eigenvalue weighted by molar-refractivity contribution is 4.88. The van der Waals surface area contributed by atoms with Crippen LogP contribution in [0.15, 0.2) is 0 Å². The standard InChI is InChI=1S/C16H32O6/c1-2-3-4-5-6-7-8-9-10-21-16-15(20)14(19)13(18)12(11-17)22-16/h12-20H,2-11H2,1H3/t12-,13-,14+,15-,16-/m0/s1. The lowest BCUT2D eigenvalue weighted by atomic mass is 9.99. The Balaban J connectivity index is 2.11. The normalized spacial score (nSPS) is 32.3. The first-order chi connectivity index (χ1) is 10.6. The second-order valence-corrected chi connectivity index (χ2v) is 6.04. The second-order valence-electron chi connectivity index (χ2n) is 6.04. The molecule has 132 valence electrons. The number of aliphatic hydroxyl groups excluding tert-OH is 4. The maximum absolute atomic E-state index is 9.80. The number of ether oxygens (including phenoxy) is 2. The minimum atomic E-state index is -1.37. The number of hydrogen-bond acceptors (Lipinski definition) is 6. The summed E-state index contributed by atoms with van der Waals surface area (Å²) in [5, 5.41) is 38.2. The van der Waals surface area contributed by atoms with Gasteiger partial charge >= 0.3 is 0 Å². The maximum atomic E-state index is 9.80. The molecule has 1 fully saturated rings. The molecule has 1 aliphatic heterocycles. The van der Waals surface area contributed by atoms with E-state index in [0.29, 0.717) is 6.61 Å². The van der Waals surface area contributed by atoms with Gasteiger partial charge < -0.3 is 29.9 Å². The first-order valence-corrected chi connectivity index (χ1v) is 8.54. The summed E-state index contributed by atoms with van der Waals surface area (Å²) in [5.74, 6) is 0. The van der Waals surface area contributed by atoms with E-state index >= 15 is 0 Å². The zero-order valence-electron chi connectivity index (χ0n) is 13.6. The highest BCUT2D eigenvalue weighted by atomic mass is 16.7. The largest absolute Gasteiger partial charge is 0.394 e. The lowest BCUT2D eigenvalue weighted by molar-refractivity contribution is -0.301. The molecule has 0 aromatic heterocycles. The van der Waals surface area contributed by atoms with E-state index in [4.69, 9.17) is 14.6 Å². The smallest absolute Gasteiger partial charge is 0.186 e. The van der Waals surface area contributed by atoms with Crippen LogP contribution in [0.5, 0.6) is 0 Å². The summed E-state index contributed by atoms with van der Waals surface area (Å²) in [6.07, 6.45) is 3.58. The third-order valence-electron chi connectivity index (χ3n) is 4.13. The van der Waals surface area contributed by atoms with Gasteiger partial charge in [0.05, 0.1) is 6.61 Å². The van der Waals surface area contributed by atoms with Gasteiger partial charge in [0.25, 0.3) is 0 Å². The van der Waals surface area contributed by atoms with Crippen LogP contribution in [0.1, 0.15) is 58.3 Å². The van der Waals surface area contributed by atoms with E-state index in [0.717, 1.165) is 12.8 Å². The van der Waals surface area contributed by atoms with E-state index < -0.39 is 37.3 Å². The molecule has 0 unspecified atom stereocenters. The van der Waals surface area contributed by atoms with E-state index in [1.165, 1.54) is 38.5 Å². The molecule has 1 aliphatic rings. The van der Waals surface area contributed by atoms with Crippen molar-refractivity contribution < 1.29 is 29.9 Å². The quantitative estimate of drug-likeness (QED) is 0.423. The SMILES string of the molecule is CCCCCCCCCCO[C@H]1O[C@@H](CO)[C@H](O)[C@@H](O)[C@@H]1O. The minimum absolute atomic E-state index is 0.428. The lowest BCUT2D eigenvalue weighted by Crippen LogP contribution is -2.59. The van der Waals surface area contributed by atoms with Crippen LogP contribution in [0, 0.1) is 0 Å². The van der Waals surface area contributed by atoms with E-state index in [1.54, 1.807) is 0 Å². The van der Waals surface area contributed by atoms with Crippen LogP contribution >= 0.6 is 0 Å². The van der Waals surface area contributed by atoms with Crippen molar-refractivity contribution in [3.05, 3.63) is 0 Å². The van der Waals surface area contributed by atoms with Crippen molar-refractivity contribution in [3.63, 3.8) is 0 Å². The molecule has 0 spiro atoms. The number of aliphatic hydroxyl groups is 4. The molecule has 1 heterocycles. The van der Waals surface area contributed by atoms with Crippen molar-refractivity contribution in [1.29, 1.82) is 0 Å². The van der Waals surface area contributed by atoms with Crippen molar-refractivity contribution in [2.24, 2.45) is 0 Å². The molecule has 0 saturated carbocycles. The topological polar surface area (TPSA) is 99.4 Å². The molecule has 1 rings (SSSR count). The van der Waals surface area contributed by atoms with Crippen LogP contribution in [-0.4, -0.2) is 64.3 Å². The Hall–Kier alpha value is -0.240. The Morgan fingerprint density at radius 3 is 2.00 bits per heavy atom. The Labute approximate surface area is 133 Å². The van der Waals surface area contributed by atoms with Gasteiger partial charge in [0, 0.05) is 6.61 Å². The summed E-state index contributed by atoms with van der Waals surface area (Å²) in [6.45, 7) is 2.20. The third kappa shape index (κ3) is 6.48. The summed E-state index contributed by atoms with van der Waals surface area (Å²) in [4.78, 5) is 0. The Morgan fingerprint density at radius 2 is 1.41 bits per heavy atom. The van der Waals surface area contributed by atoms with Gasteiger partial charge in [-0.05, 0) is 6.42 Å². The Kier molecular flexibility index (Phi) is 10.2. The van der Waals surface area contributed by atoms with Crippen LogP contribution in [0.4, 0.5) is 0 Å². The van der Waals surface area contributed by atoms with E-state index in [2.05, 4.69) is 6.92 Å². The molecule has 0 aromatic rings. The average Bonchev–Trinajstić information content (AvgIpc) is 2.53. The molecule has 0 aromatic carbocycles. The molecular weight excluding hydrogens is 288 g/mol. The molecular formula is C16H32O6. The fraction of sp³-hybridized carbons (Fsp3) is 1.00. The lowest BCUT2D eigenvalue weighted by Gasteiger charge is -2.39. The zero-order valence-corrected chi connectivity index (χ0v) is 13.6. The zero-order chi connectivity index (χ0) is 16.4. The van der Waals surface area contributed by atoms with E-state index in [1.807, 2.05) is 0 Å². The molecule has 6 nitrogen and oxygen atoms in total. The fourth-order valence-electron chi connectivity index (χ4n) is 2.64. The van der Waals surface area contributed by atoms with Gasteiger partial charge in [-0.1, -0.05) is 51.9 Å². The van der Waals surface area contributed by atoms with Gasteiger partial charge in [-0.2, -0.15) is 0 Å². The third-order valence-corrected chi connectivity index (χ3v) is 4.13. The minimum Gasteiger partial charge on any atom is -0.394 e. The summed E-state index contributed by atoms with van der Waals surface area (Å²) in [6, 6.07) is 0. The fourth-order valence-corrected chi connectivity index (χ4v) is 2.64. The van der Waals surface area contributed by atoms with Crippen LogP contribution in [0.2, 0.25) is 0 Å². The van der Waals surface area contributed by atoms with E-state index in [9.17, 15) is 15.3 Å². The van der Waals surface area contributed by atoms with Gasteiger partial charge in [0.15, 0.2) is 6.29 Å². The van der Waals surface area contributed by atoms with Crippen molar-refractivity contribution in [1.82, 2.24) is 0 Å². The molecule has 0 bridgehead atoms. The van der Waals surface area contributed by atoms with Gasteiger partial charge in [-0.15, -0.1) is 0 Å². The predicted octanol–water partition coefficient (Wildman–Crippen LogP) is 0.944. The molecule has 22 heavy (non-hydrogen) atoms. The first kappa shape index (κ1) is 19.8. The Morgan fingerprint density at radius 1 is 0.818 bits per heavy atom.